The molecule has 34 heavy (non-hydrogen) atoms. The number of hydrazone groups is 1. The Bertz CT molecular complexity index is 1200. The third kappa shape index (κ3) is 5.55. The summed E-state index contributed by atoms with van der Waals surface area (Å²) in [6.45, 7) is 0.634. The van der Waals surface area contributed by atoms with E-state index in [-0.39, 0.29) is 18.2 Å². The predicted octanol–water partition coefficient (Wildman–Crippen LogP) is 4.43. The van der Waals surface area contributed by atoms with Gasteiger partial charge in [-0.3, -0.25) is 9.59 Å². The summed E-state index contributed by atoms with van der Waals surface area (Å²) in [7, 11) is 1.55. The topological polar surface area (TPSA) is 80.2 Å². The van der Waals surface area contributed by atoms with E-state index in [0.717, 1.165) is 16.8 Å². The molecular weight excluding hydrogens is 454 g/mol. The molecule has 1 heterocycles. The van der Waals surface area contributed by atoms with Gasteiger partial charge in [0.05, 0.1) is 19.2 Å². The second-order valence-electron chi connectivity index (χ2n) is 7.77. The van der Waals surface area contributed by atoms with Crippen LogP contribution in [0.15, 0.2) is 77.9 Å². The third-order valence-corrected chi connectivity index (χ3v) is 5.85. The van der Waals surface area contributed by atoms with Crippen molar-refractivity contribution in [1.29, 1.82) is 0 Å². The lowest BCUT2D eigenvalue weighted by Gasteiger charge is -2.16. The van der Waals surface area contributed by atoms with Crippen molar-refractivity contribution in [2.75, 3.05) is 18.6 Å². The van der Waals surface area contributed by atoms with Crippen LogP contribution in [0.25, 0.3) is 0 Å². The zero-order valence-electron chi connectivity index (χ0n) is 18.6. The summed E-state index contributed by atoms with van der Waals surface area (Å²) in [5, 5.41) is 4.69. The number of benzene rings is 3. The van der Waals surface area contributed by atoms with E-state index in [0.29, 0.717) is 29.7 Å². The van der Waals surface area contributed by atoms with Crippen LogP contribution in [0, 0.1) is 5.92 Å². The lowest BCUT2D eigenvalue weighted by atomic mass is 10.1. The summed E-state index contributed by atoms with van der Waals surface area (Å²) in [6.07, 6.45) is 1.67. The van der Waals surface area contributed by atoms with Gasteiger partial charge in [0.2, 0.25) is 11.8 Å². The molecule has 0 spiro atoms. The van der Waals surface area contributed by atoms with Crippen molar-refractivity contribution in [1.82, 2.24) is 5.43 Å². The molecule has 1 aliphatic rings. The summed E-state index contributed by atoms with van der Waals surface area (Å²) in [6, 6.07) is 22.1. The Morgan fingerprint density at radius 1 is 1.12 bits per heavy atom. The zero-order valence-corrected chi connectivity index (χ0v) is 19.4. The van der Waals surface area contributed by atoms with Gasteiger partial charge < -0.3 is 14.4 Å². The minimum Gasteiger partial charge on any atom is -0.493 e. The number of halogens is 1. The molecule has 1 N–H and O–H groups in total. The number of hydrogen-bond acceptors (Lipinski definition) is 5. The van der Waals surface area contributed by atoms with Crippen molar-refractivity contribution in [2.24, 2.45) is 11.0 Å². The van der Waals surface area contributed by atoms with Crippen LogP contribution in [-0.2, 0) is 16.2 Å². The number of carbonyl (C=O) groups is 2. The van der Waals surface area contributed by atoms with Crippen LogP contribution in [0.4, 0.5) is 5.69 Å². The second-order valence-corrected chi connectivity index (χ2v) is 8.17. The van der Waals surface area contributed by atoms with Gasteiger partial charge in [0.15, 0.2) is 11.5 Å². The quantitative estimate of drug-likeness (QED) is 0.384. The van der Waals surface area contributed by atoms with Crippen LogP contribution in [0.3, 0.4) is 0 Å². The molecule has 3 aromatic carbocycles. The normalized spacial score (nSPS) is 15.5. The number of hydrogen-bond donors (Lipinski definition) is 1. The summed E-state index contributed by atoms with van der Waals surface area (Å²) in [5.74, 6) is 0.262. The van der Waals surface area contributed by atoms with Gasteiger partial charge in [-0.25, -0.2) is 5.43 Å². The molecule has 0 aliphatic carbocycles. The van der Waals surface area contributed by atoms with Gasteiger partial charge >= 0.3 is 0 Å². The number of nitrogens with one attached hydrogen (secondary N) is 1. The Kier molecular flexibility index (Phi) is 7.44. The number of ether oxygens (including phenoxy) is 2. The van der Waals surface area contributed by atoms with Gasteiger partial charge in [-0.05, 0) is 42.0 Å². The maximum Gasteiger partial charge on any atom is 0.245 e. The van der Waals surface area contributed by atoms with Crippen LogP contribution in [0.1, 0.15) is 17.5 Å². The molecule has 174 valence electrons. The highest BCUT2D eigenvalue weighted by Gasteiger charge is 2.35. The summed E-state index contributed by atoms with van der Waals surface area (Å²) in [5.41, 5.74) is 4.91. The fourth-order valence-electron chi connectivity index (χ4n) is 3.66. The molecule has 3 aromatic rings. The molecule has 2 amide bonds. The monoisotopic (exact) mass is 477 g/mol. The molecule has 0 bridgehead atoms. The van der Waals surface area contributed by atoms with Crippen molar-refractivity contribution in [3.8, 4) is 11.5 Å². The zero-order chi connectivity index (χ0) is 23.9. The number of rotatable bonds is 8. The highest BCUT2D eigenvalue weighted by molar-refractivity contribution is 6.31. The van der Waals surface area contributed by atoms with Gasteiger partial charge in [0.25, 0.3) is 0 Å². The number of methoxy groups -OCH3 is 1. The summed E-state index contributed by atoms with van der Waals surface area (Å²) < 4.78 is 11.3. The second kappa shape index (κ2) is 10.9. The Hall–Kier alpha value is -3.84. The maximum atomic E-state index is 12.5. The van der Waals surface area contributed by atoms with E-state index in [1.54, 1.807) is 30.2 Å². The number of anilines is 1. The van der Waals surface area contributed by atoms with E-state index >= 15 is 0 Å². The number of nitrogens with zero attached hydrogens (tertiary/aromatic N) is 2. The lowest BCUT2D eigenvalue weighted by molar-refractivity contribution is -0.126. The van der Waals surface area contributed by atoms with Crippen LogP contribution < -0.4 is 19.8 Å². The molecule has 1 atom stereocenters. The Labute approximate surface area is 202 Å². The first-order valence-corrected chi connectivity index (χ1v) is 11.2. The largest absolute Gasteiger partial charge is 0.493 e. The molecule has 0 saturated carbocycles. The Morgan fingerprint density at radius 2 is 1.88 bits per heavy atom. The van der Waals surface area contributed by atoms with Crippen molar-refractivity contribution in [3.63, 3.8) is 0 Å². The molecule has 1 saturated heterocycles. The lowest BCUT2D eigenvalue weighted by Crippen LogP contribution is -2.30. The van der Waals surface area contributed by atoms with Crippen LogP contribution in [0.2, 0.25) is 5.02 Å². The minimum absolute atomic E-state index is 0.0764. The van der Waals surface area contributed by atoms with Gasteiger partial charge in [0, 0.05) is 29.2 Å². The first-order valence-electron chi connectivity index (χ1n) is 10.8. The first kappa shape index (κ1) is 23.3. The molecule has 0 aromatic heterocycles. The van der Waals surface area contributed by atoms with Gasteiger partial charge in [0.1, 0.15) is 6.61 Å². The van der Waals surface area contributed by atoms with E-state index < -0.39 is 5.92 Å². The molecule has 8 heteroatoms. The molecule has 4 rings (SSSR count). The van der Waals surface area contributed by atoms with E-state index in [1.807, 2.05) is 54.6 Å². The van der Waals surface area contributed by atoms with Gasteiger partial charge in [-0.1, -0.05) is 48.0 Å². The van der Waals surface area contributed by atoms with Crippen LogP contribution >= 0.6 is 11.6 Å². The predicted molar refractivity (Wildman–Crippen MR) is 131 cm³/mol. The molecule has 1 aliphatic heterocycles. The van der Waals surface area contributed by atoms with Crippen LogP contribution in [-0.4, -0.2) is 31.7 Å². The van der Waals surface area contributed by atoms with Crippen molar-refractivity contribution < 1.29 is 19.1 Å². The molecule has 1 fully saturated rings. The smallest absolute Gasteiger partial charge is 0.245 e. The average Bonchev–Trinajstić information content (AvgIpc) is 3.26. The van der Waals surface area contributed by atoms with E-state index in [4.69, 9.17) is 21.1 Å². The third-order valence-electron chi connectivity index (χ3n) is 5.48. The highest BCUT2D eigenvalue weighted by atomic mass is 35.5. The fourth-order valence-corrected chi connectivity index (χ4v) is 3.85. The maximum absolute atomic E-state index is 12.5. The van der Waals surface area contributed by atoms with Crippen molar-refractivity contribution >= 4 is 35.3 Å². The standard InChI is InChI=1S/C26H24ClN3O4/c1-33-24-13-18(11-12-23(24)34-17-19-7-5-6-10-22(19)27)15-28-29-26(32)20-14-25(31)30(16-20)21-8-3-2-4-9-21/h2-13,15,20H,14,16-17H2,1H3,(H,29,32)/b28-15-/t20-/m1/s1. The summed E-state index contributed by atoms with van der Waals surface area (Å²) in [4.78, 5) is 26.5. The molecule has 0 unspecified atom stereocenters. The number of amides is 2. The summed E-state index contributed by atoms with van der Waals surface area (Å²) >= 11 is 6.18. The van der Waals surface area contributed by atoms with Crippen molar-refractivity contribution in [3.05, 3.63) is 88.9 Å². The van der Waals surface area contributed by atoms with Gasteiger partial charge in [-0.15, -0.1) is 0 Å². The highest BCUT2D eigenvalue weighted by Crippen LogP contribution is 2.29. The average molecular weight is 478 g/mol. The SMILES string of the molecule is COc1cc(/C=N\NC(=O)[C@@H]2CC(=O)N(c3ccccc3)C2)ccc1OCc1ccccc1Cl. The first-order chi connectivity index (χ1) is 16.5. The Balaban J connectivity index is 1.34. The molecule has 7 nitrogen and oxygen atoms in total. The Morgan fingerprint density at radius 3 is 2.65 bits per heavy atom. The molecule has 0 radical (unpaired) electrons. The van der Waals surface area contributed by atoms with Gasteiger partial charge in [-0.2, -0.15) is 5.10 Å². The number of carbonyl (C=O) groups excluding carboxylic acids is 2. The van der Waals surface area contributed by atoms with E-state index in [1.165, 1.54) is 6.21 Å². The minimum atomic E-state index is -0.458. The van der Waals surface area contributed by atoms with Crippen molar-refractivity contribution in [2.45, 2.75) is 13.0 Å². The van der Waals surface area contributed by atoms with Crippen LogP contribution in [0.5, 0.6) is 11.5 Å². The fraction of sp³-hybridized carbons (Fsp3) is 0.192. The molecular formula is C26H24ClN3O4. The number of para-hydroxylation sites is 1. The van der Waals surface area contributed by atoms with E-state index in [9.17, 15) is 9.59 Å². The van der Waals surface area contributed by atoms with E-state index in [2.05, 4.69) is 10.5 Å².